The van der Waals surface area contributed by atoms with Crippen molar-refractivity contribution in [3.05, 3.63) is 57.8 Å². The molecule has 3 rings (SSSR count). The molecule has 1 aliphatic heterocycles. The van der Waals surface area contributed by atoms with Crippen LogP contribution < -0.4 is 0 Å². The van der Waals surface area contributed by atoms with Gasteiger partial charge in [-0.25, -0.2) is 4.79 Å². The van der Waals surface area contributed by atoms with Gasteiger partial charge in [-0.05, 0) is 88.4 Å². The molecule has 0 atom stereocenters. The van der Waals surface area contributed by atoms with Gasteiger partial charge in [0.05, 0.1) is 23.2 Å². The topological polar surface area (TPSA) is 94.9 Å². The molecule has 0 radical (unpaired) electrons. The van der Waals surface area contributed by atoms with Crippen molar-refractivity contribution in [3.8, 4) is 5.69 Å². The summed E-state index contributed by atoms with van der Waals surface area (Å²) < 4.78 is 12.1. The fourth-order valence-corrected chi connectivity index (χ4v) is 4.33. The summed E-state index contributed by atoms with van der Waals surface area (Å²) in [5.74, 6) is -1.52. The maximum Gasteiger partial charge on any atom is 0.338 e. The molecule has 0 spiro atoms. The van der Waals surface area contributed by atoms with E-state index in [9.17, 15) is 19.2 Å². The summed E-state index contributed by atoms with van der Waals surface area (Å²) in [5, 5.41) is -0.504. The number of hydrogen-bond acceptors (Lipinski definition) is 7. The number of carbonyl (C=O) groups is 4. The van der Waals surface area contributed by atoms with Crippen LogP contribution in [0.1, 0.15) is 48.1 Å². The number of imide groups is 1. The molecule has 1 fully saturated rings. The van der Waals surface area contributed by atoms with E-state index in [2.05, 4.69) is 0 Å². The van der Waals surface area contributed by atoms with Crippen molar-refractivity contribution in [1.29, 1.82) is 0 Å². The normalized spacial score (nSPS) is 15.0. The molecule has 33 heavy (non-hydrogen) atoms. The maximum atomic E-state index is 12.7. The smallest absolute Gasteiger partial charge is 0.338 e. The third-order valence-corrected chi connectivity index (χ3v) is 5.83. The van der Waals surface area contributed by atoms with Gasteiger partial charge < -0.3 is 14.0 Å². The molecule has 1 aliphatic rings. The zero-order valence-electron chi connectivity index (χ0n) is 19.2. The zero-order chi connectivity index (χ0) is 24.3. The Balaban J connectivity index is 1.84. The molecular weight excluding hydrogens is 444 g/mol. The Kier molecular flexibility index (Phi) is 7.43. The minimum Gasteiger partial charge on any atom is -0.462 e. The van der Waals surface area contributed by atoms with Gasteiger partial charge in [0.25, 0.3) is 11.1 Å². The second-order valence-corrected chi connectivity index (χ2v) is 8.73. The SMILES string of the molecule is CCOC(=O)c1ccc(-n2c(C)cc(/C=C3/SC(=O)N(CC(=O)OC(C)C)C3=O)c2C)cc1. The molecule has 0 bridgehead atoms. The summed E-state index contributed by atoms with van der Waals surface area (Å²) in [5.41, 5.74) is 3.87. The Hall–Kier alpha value is -3.33. The van der Waals surface area contributed by atoms with Crippen LogP contribution in [0.2, 0.25) is 0 Å². The molecule has 0 saturated carbocycles. The largest absolute Gasteiger partial charge is 0.462 e. The number of aromatic nitrogens is 1. The number of aryl methyl sites for hydroxylation is 1. The average molecular weight is 471 g/mol. The molecule has 9 heteroatoms. The van der Waals surface area contributed by atoms with E-state index >= 15 is 0 Å². The fraction of sp³-hybridized carbons (Fsp3) is 0.333. The van der Waals surface area contributed by atoms with Crippen molar-refractivity contribution in [2.75, 3.05) is 13.2 Å². The Labute approximate surface area is 196 Å². The third-order valence-electron chi connectivity index (χ3n) is 4.92. The van der Waals surface area contributed by atoms with Crippen LogP contribution in [0.5, 0.6) is 0 Å². The number of carbonyl (C=O) groups excluding carboxylic acids is 4. The van der Waals surface area contributed by atoms with Gasteiger partial charge in [0.1, 0.15) is 6.54 Å². The first-order valence-corrected chi connectivity index (χ1v) is 11.3. The molecule has 8 nitrogen and oxygen atoms in total. The van der Waals surface area contributed by atoms with Crippen LogP contribution in [-0.4, -0.2) is 51.8 Å². The van der Waals surface area contributed by atoms with Gasteiger partial charge in [-0.1, -0.05) is 0 Å². The molecule has 174 valence electrons. The standard InChI is InChI=1S/C24H26N2O6S/c1-6-31-23(29)17-7-9-19(10-8-17)26-15(4)11-18(16(26)5)12-20-22(28)25(24(30)33-20)13-21(27)32-14(2)3/h7-12,14H,6,13H2,1-5H3/b20-12+. The van der Waals surface area contributed by atoms with Crippen molar-refractivity contribution in [2.45, 2.75) is 40.7 Å². The predicted molar refractivity (Wildman–Crippen MR) is 125 cm³/mol. The first-order chi connectivity index (χ1) is 15.6. The highest BCUT2D eigenvalue weighted by atomic mass is 32.2. The summed E-state index contributed by atoms with van der Waals surface area (Å²) in [4.78, 5) is 50.0. The fourth-order valence-electron chi connectivity index (χ4n) is 3.50. The van der Waals surface area contributed by atoms with Crippen molar-refractivity contribution >= 4 is 40.9 Å². The number of nitrogens with zero attached hydrogens (tertiary/aromatic N) is 2. The quantitative estimate of drug-likeness (QED) is 0.441. The Morgan fingerprint density at radius 3 is 2.39 bits per heavy atom. The Morgan fingerprint density at radius 1 is 1.12 bits per heavy atom. The number of ether oxygens (including phenoxy) is 2. The van der Waals surface area contributed by atoms with Crippen molar-refractivity contribution in [1.82, 2.24) is 9.47 Å². The molecule has 1 aromatic carbocycles. The third kappa shape index (κ3) is 5.36. The van der Waals surface area contributed by atoms with Crippen LogP contribution in [0.25, 0.3) is 11.8 Å². The van der Waals surface area contributed by atoms with E-state index < -0.39 is 23.7 Å². The predicted octanol–water partition coefficient (Wildman–Crippen LogP) is 4.26. The minimum absolute atomic E-state index is 0.246. The van der Waals surface area contributed by atoms with Crippen LogP contribution in [0.3, 0.4) is 0 Å². The first-order valence-electron chi connectivity index (χ1n) is 10.5. The highest BCUT2D eigenvalue weighted by Crippen LogP contribution is 2.33. The van der Waals surface area contributed by atoms with Crippen molar-refractivity contribution < 1.29 is 28.7 Å². The molecule has 2 amide bonds. The molecule has 0 aliphatic carbocycles. The molecule has 2 aromatic rings. The van der Waals surface area contributed by atoms with Gasteiger partial charge in [0, 0.05) is 17.1 Å². The van der Waals surface area contributed by atoms with Crippen LogP contribution in [-0.2, 0) is 19.1 Å². The van der Waals surface area contributed by atoms with E-state index in [0.717, 1.165) is 39.3 Å². The number of thioether (sulfide) groups is 1. The van der Waals surface area contributed by atoms with E-state index in [0.29, 0.717) is 12.2 Å². The summed E-state index contributed by atoms with van der Waals surface area (Å²) in [6.07, 6.45) is 1.33. The molecule has 0 N–H and O–H groups in total. The van der Waals surface area contributed by atoms with Crippen LogP contribution in [0.4, 0.5) is 4.79 Å². The number of rotatable bonds is 7. The monoisotopic (exact) mass is 470 g/mol. The second kappa shape index (κ2) is 10.1. The van der Waals surface area contributed by atoms with E-state index in [4.69, 9.17) is 9.47 Å². The molecule has 1 aromatic heterocycles. The molecular formula is C24H26N2O6S. The lowest BCUT2D eigenvalue weighted by atomic mass is 10.2. The molecule has 0 unspecified atom stereocenters. The number of benzene rings is 1. The highest BCUT2D eigenvalue weighted by molar-refractivity contribution is 8.18. The van der Waals surface area contributed by atoms with Crippen molar-refractivity contribution in [2.24, 2.45) is 0 Å². The van der Waals surface area contributed by atoms with Crippen LogP contribution in [0.15, 0.2) is 35.2 Å². The van der Waals surface area contributed by atoms with Gasteiger partial charge in [0.2, 0.25) is 0 Å². The minimum atomic E-state index is -0.627. The lowest BCUT2D eigenvalue weighted by molar-refractivity contribution is -0.149. The number of amides is 2. The van der Waals surface area contributed by atoms with E-state index in [1.807, 2.05) is 36.6 Å². The Bertz CT molecular complexity index is 1130. The second-order valence-electron chi connectivity index (χ2n) is 7.74. The number of esters is 2. The van der Waals surface area contributed by atoms with E-state index in [-0.39, 0.29) is 17.0 Å². The average Bonchev–Trinajstić information content (AvgIpc) is 3.17. The van der Waals surface area contributed by atoms with Crippen LogP contribution in [0, 0.1) is 13.8 Å². The summed E-state index contributed by atoms with van der Waals surface area (Å²) >= 11 is 0.797. The van der Waals surface area contributed by atoms with Gasteiger partial charge in [-0.2, -0.15) is 0 Å². The first kappa shape index (κ1) is 24.3. The molecule has 2 heterocycles. The Morgan fingerprint density at radius 2 is 1.79 bits per heavy atom. The van der Waals surface area contributed by atoms with Gasteiger partial charge in [0.15, 0.2) is 0 Å². The summed E-state index contributed by atoms with van der Waals surface area (Å²) in [6, 6.07) is 8.96. The zero-order valence-corrected chi connectivity index (χ0v) is 20.0. The maximum absolute atomic E-state index is 12.7. The van der Waals surface area contributed by atoms with Crippen molar-refractivity contribution in [3.63, 3.8) is 0 Å². The van der Waals surface area contributed by atoms with E-state index in [1.165, 1.54) is 0 Å². The number of hydrogen-bond donors (Lipinski definition) is 0. The molecule has 1 saturated heterocycles. The summed E-state index contributed by atoms with van der Waals surface area (Å²) in [7, 11) is 0. The van der Waals surface area contributed by atoms with E-state index in [1.54, 1.807) is 39.0 Å². The highest BCUT2D eigenvalue weighted by Gasteiger charge is 2.37. The lowest BCUT2D eigenvalue weighted by Crippen LogP contribution is -2.35. The van der Waals surface area contributed by atoms with Gasteiger partial charge in [-0.15, -0.1) is 0 Å². The lowest BCUT2D eigenvalue weighted by Gasteiger charge is -2.13. The van der Waals surface area contributed by atoms with Gasteiger partial charge in [-0.3, -0.25) is 19.3 Å². The van der Waals surface area contributed by atoms with Crippen LogP contribution >= 0.6 is 11.8 Å². The van der Waals surface area contributed by atoms with Gasteiger partial charge >= 0.3 is 11.9 Å². The summed E-state index contributed by atoms with van der Waals surface area (Å²) in [6.45, 7) is 8.89.